The smallest absolute Gasteiger partial charge is 0.159 e. The van der Waals surface area contributed by atoms with Crippen LogP contribution in [0.5, 0.6) is 0 Å². The van der Waals surface area contributed by atoms with E-state index in [1.807, 2.05) is 23.8 Å². The predicted molar refractivity (Wildman–Crippen MR) is 47.8 cm³/mol. The molecule has 0 aliphatic carbocycles. The fourth-order valence-electron chi connectivity index (χ4n) is 0.839. The molecule has 0 aromatic carbocycles. The van der Waals surface area contributed by atoms with Gasteiger partial charge in [0.25, 0.3) is 0 Å². The number of carbonyl (C=O) groups is 1. The summed E-state index contributed by atoms with van der Waals surface area (Å²) in [5, 5.41) is 3.99. The molecule has 0 N–H and O–H groups in total. The summed E-state index contributed by atoms with van der Waals surface area (Å²) in [7, 11) is 0. The summed E-state index contributed by atoms with van der Waals surface area (Å²) in [6.45, 7) is 1.85. The topological polar surface area (TPSA) is 17.1 Å². The van der Waals surface area contributed by atoms with Crippen molar-refractivity contribution in [2.24, 2.45) is 0 Å². The van der Waals surface area contributed by atoms with E-state index >= 15 is 0 Å². The first-order valence-electron chi connectivity index (χ1n) is 3.49. The van der Waals surface area contributed by atoms with Gasteiger partial charge in [-0.05, 0) is 35.4 Å². The Kier molecular flexibility index (Phi) is 3.05. The summed E-state index contributed by atoms with van der Waals surface area (Å²) in [4.78, 5) is 11.0. The number of carbonyl (C=O) groups excluding carboxylic acids is 1. The molecule has 2 heteroatoms. The second kappa shape index (κ2) is 4.09. The molecule has 0 radical (unpaired) electrons. The van der Waals surface area contributed by atoms with Crippen molar-refractivity contribution >= 4 is 17.1 Å². The van der Waals surface area contributed by atoms with Gasteiger partial charge >= 0.3 is 0 Å². The molecule has 1 heterocycles. The van der Waals surface area contributed by atoms with Crippen molar-refractivity contribution in [2.75, 3.05) is 0 Å². The highest BCUT2D eigenvalue weighted by Gasteiger charge is 1.97. The van der Waals surface area contributed by atoms with Crippen LogP contribution >= 0.6 is 11.3 Å². The summed E-state index contributed by atoms with van der Waals surface area (Å²) in [5.41, 5.74) is 1.11. The van der Waals surface area contributed by atoms with Gasteiger partial charge in [0.1, 0.15) is 0 Å². The van der Waals surface area contributed by atoms with Crippen molar-refractivity contribution in [1.82, 2.24) is 0 Å². The van der Waals surface area contributed by atoms with Crippen molar-refractivity contribution in [2.45, 2.75) is 13.3 Å². The molecule has 0 bridgehead atoms. The normalized spacial score (nSPS) is 10.6. The summed E-state index contributed by atoms with van der Waals surface area (Å²) in [6.07, 6.45) is 3.92. The minimum atomic E-state index is 0.172. The van der Waals surface area contributed by atoms with Gasteiger partial charge in [0, 0.05) is 6.42 Å². The minimum Gasteiger partial charge on any atom is -0.294 e. The van der Waals surface area contributed by atoms with Gasteiger partial charge in [-0.3, -0.25) is 4.79 Å². The summed E-state index contributed by atoms with van der Waals surface area (Å²) < 4.78 is 0. The van der Waals surface area contributed by atoms with Gasteiger partial charge < -0.3 is 0 Å². The van der Waals surface area contributed by atoms with E-state index in [4.69, 9.17) is 0 Å². The zero-order chi connectivity index (χ0) is 8.10. The Balaban J connectivity index is 2.50. The molecule has 0 unspecified atom stereocenters. The Morgan fingerprint density at radius 1 is 1.73 bits per heavy atom. The predicted octanol–water partition coefficient (Wildman–Crippen LogP) is 2.44. The number of rotatable bonds is 3. The Labute approximate surface area is 70.4 Å². The molecule has 0 saturated heterocycles. The highest BCUT2D eigenvalue weighted by atomic mass is 32.1. The maximum atomic E-state index is 11.0. The molecule has 0 atom stereocenters. The van der Waals surface area contributed by atoms with Gasteiger partial charge in [-0.25, -0.2) is 0 Å². The monoisotopic (exact) mass is 166 g/mol. The highest BCUT2D eigenvalue weighted by molar-refractivity contribution is 7.07. The van der Waals surface area contributed by atoms with Crippen LogP contribution < -0.4 is 0 Å². The third kappa shape index (κ3) is 2.68. The lowest BCUT2D eigenvalue weighted by molar-refractivity contribution is -0.114. The molecule has 1 nitrogen and oxygen atoms in total. The molecule has 0 spiro atoms. The van der Waals surface area contributed by atoms with E-state index in [1.165, 1.54) is 0 Å². The first kappa shape index (κ1) is 8.21. The number of thiophene rings is 1. The average molecular weight is 166 g/mol. The number of hydrogen-bond donors (Lipinski definition) is 0. The minimum absolute atomic E-state index is 0.172. The third-order valence-corrected chi connectivity index (χ3v) is 2.04. The van der Waals surface area contributed by atoms with Gasteiger partial charge in [-0.2, -0.15) is 11.3 Å². The molecule has 1 rings (SSSR count). The van der Waals surface area contributed by atoms with Gasteiger partial charge in [0.2, 0.25) is 0 Å². The van der Waals surface area contributed by atoms with Crippen LogP contribution in [-0.2, 0) is 11.2 Å². The van der Waals surface area contributed by atoms with E-state index < -0.39 is 0 Å². The van der Waals surface area contributed by atoms with Crippen molar-refractivity contribution < 1.29 is 4.79 Å². The molecular formula is C9H10OS. The van der Waals surface area contributed by atoms with Crippen LogP contribution in [0.3, 0.4) is 0 Å². The van der Waals surface area contributed by atoms with Crippen LogP contribution in [-0.4, -0.2) is 5.78 Å². The standard InChI is InChI=1S/C9H10OS/c1-2-3-9(10)6-8-4-5-11-7-8/h2-5,7H,6H2,1H3/b3-2+. The molecule has 0 aliphatic heterocycles. The molecule has 58 valence electrons. The van der Waals surface area contributed by atoms with Crippen LogP contribution in [0.25, 0.3) is 0 Å². The lowest BCUT2D eigenvalue weighted by Crippen LogP contribution is -1.95. The summed E-state index contributed by atoms with van der Waals surface area (Å²) in [6, 6.07) is 1.98. The van der Waals surface area contributed by atoms with Gasteiger partial charge in [0.15, 0.2) is 5.78 Å². The molecule has 0 aliphatic rings. The van der Waals surface area contributed by atoms with Crippen molar-refractivity contribution in [3.05, 3.63) is 34.5 Å². The Morgan fingerprint density at radius 3 is 3.09 bits per heavy atom. The third-order valence-electron chi connectivity index (χ3n) is 1.31. The maximum Gasteiger partial charge on any atom is 0.159 e. The highest BCUT2D eigenvalue weighted by Crippen LogP contribution is 2.06. The molecular weight excluding hydrogens is 156 g/mol. The summed E-state index contributed by atoms with van der Waals surface area (Å²) in [5.74, 6) is 0.172. The second-order valence-corrected chi connectivity index (χ2v) is 3.05. The van der Waals surface area contributed by atoms with E-state index in [0.717, 1.165) is 5.56 Å². The zero-order valence-corrected chi connectivity index (χ0v) is 7.23. The number of hydrogen-bond acceptors (Lipinski definition) is 2. The van der Waals surface area contributed by atoms with Crippen LogP contribution in [0.15, 0.2) is 29.0 Å². The molecule has 0 amide bonds. The van der Waals surface area contributed by atoms with Crippen LogP contribution in [0.2, 0.25) is 0 Å². The Hall–Kier alpha value is -0.890. The SMILES string of the molecule is C/C=C/C(=O)Cc1ccsc1. The van der Waals surface area contributed by atoms with Crippen LogP contribution in [0.1, 0.15) is 12.5 Å². The van der Waals surface area contributed by atoms with E-state index in [9.17, 15) is 4.79 Å². The van der Waals surface area contributed by atoms with Crippen molar-refractivity contribution in [3.8, 4) is 0 Å². The second-order valence-electron chi connectivity index (χ2n) is 2.27. The largest absolute Gasteiger partial charge is 0.294 e. The fourth-order valence-corrected chi connectivity index (χ4v) is 1.51. The van der Waals surface area contributed by atoms with E-state index in [1.54, 1.807) is 23.5 Å². The Bertz CT molecular complexity index is 247. The zero-order valence-electron chi connectivity index (χ0n) is 6.41. The van der Waals surface area contributed by atoms with Crippen LogP contribution in [0, 0.1) is 0 Å². The molecule has 0 fully saturated rings. The van der Waals surface area contributed by atoms with Crippen molar-refractivity contribution in [1.29, 1.82) is 0 Å². The van der Waals surface area contributed by atoms with E-state index in [2.05, 4.69) is 0 Å². The first-order valence-corrected chi connectivity index (χ1v) is 4.44. The van der Waals surface area contributed by atoms with E-state index in [0.29, 0.717) is 6.42 Å². The number of allylic oxidation sites excluding steroid dienone is 2. The van der Waals surface area contributed by atoms with Crippen LogP contribution in [0.4, 0.5) is 0 Å². The average Bonchev–Trinajstić information content (AvgIpc) is 2.40. The lowest BCUT2D eigenvalue weighted by Gasteiger charge is -1.89. The van der Waals surface area contributed by atoms with Crippen molar-refractivity contribution in [3.63, 3.8) is 0 Å². The molecule has 0 saturated carbocycles. The number of ketones is 1. The van der Waals surface area contributed by atoms with Gasteiger partial charge in [0.05, 0.1) is 0 Å². The molecule has 1 aromatic heterocycles. The molecule has 11 heavy (non-hydrogen) atoms. The van der Waals surface area contributed by atoms with Gasteiger partial charge in [-0.1, -0.05) is 6.08 Å². The first-order chi connectivity index (χ1) is 5.33. The lowest BCUT2D eigenvalue weighted by atomic mass is 10.2. The maximum absolute atomic E-state index is 11.0. The summed E-state index contributed by atoms with van der Waals surface area (Å²) >= 11 is 1.62. The fraction of sp³-hybridized carbons (Fsp3) is 0.222. The van der Waals surface area contributed by atoms with Gasteiger partial charge in [-0.15, -0.1) is 0 Å². The van der Waals surface area contributed by atoms with E-state index in [-0.39, 0.29) is 5.78 Å². The molecule has 1 aromatic rings. The quantitative estimate of drug-likeness (QED) is 0.630. The Morgan fingerprint density at radius 2 is 2.55 bits per heavy atom.